The maximum atomic E-state index is 13.8. The molecule has 2 aliphatic rings. The molecule has 19 heteroatoms. The number of anilines is 2. The predicted molar refractivity (Wildman–Crippen MR) is 227 cm³/mol. The van der Waals surface area contributed by atoms with E-state index in [0.29, 0.717) is 54.5 Å². The number of hydrogen-bond donors (Lipinski definition) is 5. The highest BCUT2D eigenvalue weighted by Gasteiger charge is 2.50. The van der Waals surface area contributed by atoms with Crippen LogP contribution in [0.5, 0.6) is 5.75 Å². The Hall–Kier alpha value is -5.49. The van der Waals surface area contributed by atoms with Crippen molar-refractivity contribution in [2.24, 2.45) is 17.3 Å². The summed E-state index contributed by atoms with van der Waals surface area (Å²) >= 11 is 8.18. The van der Waals surface area contributed by atoms with Crippen molar-refractivity contribution in [2.75, 3.05) is 43.6 Å². The average Bonchev–Trinajstić information content (AvgIpc) is 3.53. The number of aromatic nitrogens is 3. The van der Waals surface area contributed by atoms with E-state index in [1.54, 1.807) is 53.2 Å². The summed E-state index contributed by atoms with van der Waals surface area (Å²) in [4.78, 5) is 65.0. The van der Waals surface area contributed by atoms with E-state index >= 15 is 0 Å². The van der Waals surface area contributed by atoms with E-state index in [1.165, 1.54) is 25.4 Å². The van der Waals surface area contributed by atoms with Gasteiger partial charge in [0.2, 0.25) is 11.8 Å². The minimum absolute atomic E-state index is 0.0161. The van der Waals surface area contributed by atoms with Crippen LogP contribution in [-0.4, -0.2) is 94.3 Å². The quantitative estimate of drug-likeness (QED) is 0.0737. The number of alkyl carbamates (subject to hydrolysis) is 1. The molecule has 1 aliphatic carbocycles. The average molecular weight is 885 g/mol. The summed E-state index contributed by atoms with van der Waals surface area (Å²) in [5, 5.41) is 11.3. The largest absolute Gasteiger partial charge is 0.573 e. The van der Waals surface area contributed by atoms with Gasteiger partial charge in [-0.05, 0) is 59.8 Å². The van der Waals surface area contributed by atoms with Crippen molar-refractivity contribution in [2.45, 2.75) is 64.2 Å². The lowest BCUT2D eigenvalue weighted by Gasteiger charge is -2.30. The van der Waals surface area contributed by atoms with Gasteiger partial charge in [-0.1, -0.05) is 63.6 Å². The van der Waals surface area contributed by atoms with Crippen LogP contribution in [0.4, 0.5) is 29.5 Å². The third-order valence-electron chi connectivity index (χ3n) is 10.8. The number of H-pyrrole nitrogens is 1. The van der Waals surface area contributed by atoms with Crippen LogP contribution >= 0.6 is 23.4 Å². The van der Waals surface area contributed by atoms with Gasteiger partial charge in [-0.15, -0.1) is 13.2 Å². The summed E-state index contributed by atoms with van der Waals surface area (Å²) < 4.78 is 50.3. The maximum Gasteiger partial charge on any atom is 0.573 e. The molecule has 1 saturated carbocycles. The number of nitrogens with zero attached hydrogens (tertiary/aromatic N) is 3. The number of carbonyl (C=O) groups excluding carboxylic acids is 4. The molecule has 4 atom stereocenters. The second-order valence-electron chi connectivity index (χ2n) is 15.9. The molecular formula is C42H48ClF3N8O6S. The minimum atomic E-state index is -5.06. The van der Waals surface area contributed by atoms with Crippen molar-refractivity contribution < 1.29 is 41.8 Å². The molecular weight excluding hydrogens is 837 g/mol. The lowest BCUT2D eigenvalue weighted by Crippen LogP contribution is -2.51. The number of benzene rings is 2. The van der Waals surface area contributed by atoms with E-state index in [9.17, 15) is 32.3 Å². The SMILES string of the molecule is COC(=O)N[C@H](C(=O)N1C[C@@H](SC)C[C@H]1c1ncc(-c2ccc(-c3cc(Cl)c(NC(=O)c4ccc(NCCNC(=O)[C@H]5CC5(C)C)nc4)cc3OC(F)(F)F)cc2)[nH]1)C(C)C. The van der Waals surface area contributed by atoms with Crippen molar-refractivity contribution in [3.05, 3.63) is 77.3 Å². The molecule has 0 bridgehead atoms. The van der Waals surface area contributed by atoms with Crippen LogP contribution < -0.4 is 26.0 Å². The van der Waals surface area contributed by atoms with E-state index in [1.807, 2.05) is 34.0 Å². The molecule has 3 heterocycles. The Labute approximate surface area is 360 Å². The molecule has 0 spiro atoms. The molecule has 2 aromatic carbocycles. The highest BCUT2D eigenvalue weighted by Crippen LogP contribution is 2.51. The van der Waals surface area contributed by atoms with Crippen LogP contribution in [0.25, 0.3) is 22.4 Å². The van der Waals surface area contributed by atoms with Crippen molar-refractivity contribution in [3.8, 4) is 28.1 Å². The zero-order valence-electron chi connectivity index (χ0n) is 34.4. The second-order valence-corrected chi connectivity index (χ2v) is 17.5. The van der Waals surface area contributed by atoms with Gasteiger partial charge in [0, 0.05) is 48.6 Å². The highest BCUT2D eigenvalue weighted by atomic mass is 35.5. The van der Waals surface area contributed by atoms with Crippen LogP contribution in [0, 0.1) is 17.3 Å². The molecule has 2 fully saturated rings. The molecule has 14 nitrogen and oxygen atoms in total. The number of ether oxygens (including phenoxy) is 2. The number of aromatic amines is 1. The van der Waals surface area contributed by atoms with Gasteiger partial charge in [-0.25, -0.2) is 14.8 Å². The first-order valence-electron chi connectivity index (χ1n) is 19.6. The monoisotopic (exact) mass is 884 g/mol. The Morgan fingerprint density at radius 3 is 2.34 bits per heavy atom. The number of thioether (sulfide) groups is 1. The third kappa shape index (κ3) is 11.1. The summed E-state index contributed by atoms with van der Waals surface area (Å²) in [5.74, 6) is -0.666. The molecule has 4 aromatic rings. The maximum absolute atomic E-state index is 13.8. The van der Waals surface area contributed by atoms with Gasteiger partial charge in [0.05, 0.1) is 41.3 Å². The van der Waals surface area contributed by atoms with Gasteiger partial charge < -0.3 is 40.6 Å². The molecule has 0 unspecified atom stereocenters. The fourth-order valence-corrected chi connectivity index (χ4v) is 8.05. The smallest absolute Gasteiger partial charge is 0.453 e. The van der Waals surface area contributed by atoms with Gasteiger partial charge in [-0.2, -0.15) is 11.8 Å². The Morgan fingerprint density at radius 2 is 1.74 bits per heavy atom. The van der Waals surface area contributed by atoms with Crippen molar-refractivity contribution in [1.29, 1.82) is 0 Å². The standard InChI is InChI=1S/C42H48ClF3N8O6S/c1-22(2)35(53-40(58)59-5)39(57)54-21-26(61-6)15-32(54)36-50-20-31(51-36)24-9-7-23(8-10-24)27-16-29(43)30(17-33(27)60-42(44,45)46)52-37(55)25-11-12-34(49-19-25)47-13-14-48-38(56)28-18-41(28,3)4/h7-12,16-17,19-20,22,26,28,32,35H,13-15,18,21H2,1-6H3,(H,47,49)(H,48,56)(H,50,51)(H,52,55)(H,53,58)/t26-,28+,32-,35-/m0/s1. The molecule has 4 amide bonds. The molecule has 5 N–H and O–H groups in total. The van der Waals surface area contributed by atoms with Gasteiger partial charge in [0.1, 0.15) is 23.4 Å². The van der Waals surface area contributed by atoms with Gasteiger partial charge in [0.25, 0.3) is 5.91 Å². The van der Waals surface area contributed by atoms with E-state index in [2.05, 4.69) is 41.0 Å². The number of imidazole rings is 1. The zero-order chi connectivity index (χ0) is 44.2. The minimum Gasteiger partial charge on any atom is -0.453 e. The van der Waals surface area contributed by atoms with Crippen molar-refractivity contribution >= 4 is 58.7 Å². The number of alkyl halides is 3. The van der Waals surface area contributed by atoms with Crippen LogP contribution in [0.3, 0.4) is 0 Å². The van der Waals surface area contributed by atoms with Crippen molar-refractivity contribution in [3.63, 3.8) is 0 Å². The number of nitrogens with one attached hydrogen (secondary N) is 5. The third-order valence-corrected chi connectivity index (χ3v) is 12.1. The van der Waals surface area contributed by atoms with Gasteiger partial charge in [0.15, 0.2) is 0 Å². The molecule has 0 radical (unpaired) electrons. The summed E-state index contributed by atoms with van der Waals surface area (Å²) in [6.07, 6.45) is 0.627. The first kappa shape index (κ1) is 45.0. The number of carbonyl (C=O) groups is 4. The Kier molecular flexibility index (Phi) is 13.8. The molecule has 2 aromatic heterocycles. The number of halogens is 4. The molecule has 1 saturated heterocycles. The number of hydrogen-bond acceptors (Lipinski definition) is 10. The Bertz CT molecular complexity index is 2240. The first-order valence-corrected chi connectivity index (χ1v) is 21.3. The summed E-state index contributed by atoms with van der Waals surface area (Å²) in [7, 11) is 1.24. The lowest BCUT2D eigenvalue weighted by atomic mass is 10.0. The number of methoxy groups -OCH3 is 1. The van der Waals surface area contributed by atoms with Crippen LogP contribution in [0.2, 0.25) is 5.02 Å². The summed E-state index contributed by atoms with van der Waals surface area (Å²) in [5.41, 5.74) is 1.69. The van der Waals surface area contributed by atoms with Crippen LogP contribution in [0.1, 0.15) is 62.8 Å². The van der Waals surface area contributed by atoms with E-state index in [0.717, 1.165) is 12.5 Å². The second kappa shape index (κ2) is 18.6. The van der Waals surface area contributed by atoms with Crippen molar-refractivity contribution in [1.82, 2.24) is 30.5 Å². The zero-order valence-corrected chi connectivity index (χ0v) is 36.0. The van der Waals surface area contributed by atoms with E-state index < -0.39 is 36.2 Å². The lowest BCUT2D eigenvalue weighted by molar-refractivity contribution is -0.274. The van der Waals surface area contributed by atoms with E-state index in [-0.39, 0.29) is 56.2 Å². The number of amides is 4. The Morgan fingerprint density at radius 1 is 1.03 bits per heavy atom. The predicted octanol–water partition coefficient (Wildman–Crippen LogP) is 7.90. The number of rotatable bonds is 15. The summed E-state index contributed by atoms with van der Waals surface area (Å²) in [6, 6.07) is 10.8. The van der Waals surface area contributed by atoms with E-state index in [4.69, 9.17) is 16.3 Å². The molecule has 1 aliphatic heterocycles. The number of pyridine rings is 1. The number of likely N-dealkylation sites (tertiary alicyclic amines) is 1. The highest BCUT2D eigenvalue weighted by molar-refractivity contribution is 7.99. The topological polar surface area (TPSA) is 180 Å². The fourth-order valence-electron chi connectivity index (χ4n) is 7.16. The van der Waals surface area contributed by atoms with Gasteiger partial charge in [-0.3, -0.25) is 14.4 Å². The normalized spacial score (nSPS) is 18.6. The van der Waals surface area contributed by atoms with Crippen LogP contribution in [-0.2, 0) is 14.3 Å². The van der Waals surface area contributed by atoms with Gasteiger partial charge >= 0.3 is 12.5 Å². The first-order chi connectivity index (χ1) is 28.9. The molecule has 6 rings (SSSR count). The molecule has 326 valence electrons. The summed E-state index contributed by atoms with van der Waals surface area (Å²) in [6.45, 7) is 9.03. The fraction of sp³-hybridized carbons (Fsp3) is 0.429. The Balaban J connectivity index is 1.14. The molecule has 61 heavy (non-hydrogen) atoms. The van der Waals surface area contributed by atoms with Crippen LogP contribution in [0.15, 0.2) is 60.9 Å².